The van der Waals surface area contributed by atoms with Crippen LogP contribution in [0.2, 0.25) is 5.02 Å². The molecule has 1 aliphatic heterocycles. The second kappa shape index (κ2) is 9.57. The Hall–Kier alpha value is -3.45. The number of nitrogens with two attached hydrogens (primary N) is 1. The summed E-state index contributed by atoms with van der Waals surface area (Å²) in [5, 5.41) is 3.54. The maximum absolute atomic E-state index is 12.0. The molecule has 1 aliphatic rings. The summed E-state index contributed by atoms with van der Waals surface area (Å²) in [5.74, 6) is 0.543. The molecule has 0 radical (unpaired) electrons. The van der Waals surface area contributed by atoms with Gasteiger partial charge in [-0.1, -0.05) is 23.7 Å². The number of carbonyl (C=O) groups is 1. The summed E-state index contributed by atoms with van der Waals surface area (Å²) in [4.78, 5) is 21.0. The van der Waals surface area contributed by atoms with Gasteiger partial charge < -0.3 is 25.3 Å². The molecule has 1 amide bonds. The van der Waals surface area contributed by atoms with Crippen LogP contribution in [0.5, 0.6) is 0 Å². The molecule has 3 N–H and O–H groups in total. The van der Waals surface area contributed by atoms with Crippen LogP contribution >= 0.6 is 11.6 Å². The van der Waals surface area contributed by atoms with E-state index in [0.717, 1.165) is 36.8 Å². The fourth-order valence-electron chi connectivity index (χ4n) is 3.41. The van der Waals surface area contributed by atoms with E-state index in [1.165, 1.54) is 12.0 Å². The Morgan fingerprint density at radius 2 is 1.74 bits per heavy atom. The minimum Gasteiger partial charge on any atom is -0.459 e. The van der Waals surface area contributed by atoms with E-state index in [0.29, 0.717) is 18.2 Å². The average molecular weight is 438 g/mol. The molecule has 31 heavy (non-hydrogen) atoms. The zero-order valence-corrected chi connectivity index (χ0v) is 17.8. The van der Waals surface area contributed by atoms with Crippen molar-refractivity contribution in [2.75, 3.05) is 36.4 Å². The minimum atomic E-state index is -0.280. The first kappa shape index (κ1) is 20.8. The van der Waals surface area contributed by atoms with Crippen LogP contribution in [0.4, 0.5) is 11.4 Å². The molecule has 8 heteroatoms. The Labute approximate surface area is 186 Å². The Morgan fingerprint density at radius 1 is 1.03 bits per heavy atom. The van der Waals surface area contributed by atoms with E-state index in [1.807, 2.05) is 48.5 Å². The van der Waals surface area contributed by atoms with Crippen molar-refractivity contribution in [3.8, 4) is 0 Å². The monoisotopic (exact) mass is 437 g/mol. The van der Waals surface area contributed by atoms with Crippen LogP contribution < -0.4 is 16.0 Å². The standard InChI is InChI=1S/C23H24ClN5O2/c24-18-5-9-20(10-6-18)28-11-13-29(14-12-28)23(25)26-16-17-3-7-19(8-4-17)27-22(30)21-2-1-15-31-21/h1-10,15H,11-14,16H2,(H2,25,26)(H,27,30). The van der Waals surface area contributed by atoms with E-state index >= 15 is 0 Å². The van der Waals surface area contributed by atoms with E-state index in [1.54, 1.807) is 12.1 Å². The Bertz CT molecular complexity index is 1020. The number of nitrogens with zero attached hydrogens (tertiary/aromatic N) is 3. The highest BCUT2D eigenvalue weighted by atomic mass is 35.5. The van der Waals surface area contributed by atoms with Gasteiger partial charge in [0.15, 0.2) is 11.7 Å². The SMILES string of the molecule is NC(=NCc1ccc(NC(=O)c2ccco2)cc1)N1CCN(c2ccc(Cl)cc2)CC1. The van der Waals surface area contributed by atoms with Crippen molar-refractivity contribution in [3.63, 3.8) is 0 Å². The van der Waals surface area contributed by atoms with Crippen LogP contribution in [0, 0.1) is 0 Å². The Balaban J connectivity index is 1.27. The largest absolute Gasteiger partial charge is 0.459 e. The predicted molar refractivity (Wildman–Crippen MR) is 124 cm³/mol. The number of aliphatic imine (C=N–C) groups is 1. The van der Waals surface area contributed by atoms with Gasteiger partial charge in [-0.05, 0) is 54.1 Å². The normalized spacial score (nSPS) is 14.5. The van der Waals surface area contributed by atoms with Crippen LogP contribution in [0.15, 0.2) is 76.3 Å². The van der Waals surface area contributed by atoms with Crippen LogP contribution in [-0.4, -0.2) is 42.9 Å². The fraction of sp³-hybridized carbons (Fsp3) is 0.217. The molecule has 2 heterocycles. The lowest BCUT2D eigenvalue weighted by Crippen LogP contribution is -2.51. The highest BCUT2D eigenvalue weighted by Gasteiger charge is 2.18. The van der Waals surface area contributed by atoms with Gasteiger partial charge in [-0.3, -0.25) is 4.79 Å². The number of carbonyl (C=O) groups excluding carboxylic acids is 1. The van der Waals surface area contributed by atoms with Crippen molar-refractivity contribution < 1.29 is 9.21 Å². The molecular formula is C23H24ClN5O2. The second-order valence-corrected chi connectivity index (χ2v) is 7.69. The van der Waals surface area contributed by atoms with Gasteiger partial charge in [-0.25, -0.2) is 4.99 Å². The number of rotatable bonds is 5. The van der Waals surface area contributed by atoms with Crippen LogP contribution in [0.25, 0.3) is 0 Å². The zero-order chi connectivity index (χ0) is 21.6. The molecule has 0 bridgehead atoms. The summed E-state index contributed by atoms with van der Waals surface area (Å²) in [6.07, 6.45) is 1.47. The molecule has 2 aromatic carbocycles. The maximum atomic E-state index is 12.0. The van der Waals surface area contributed by atoms with E-state index in [4.69, 9.17) is 21.8 Å². The van der Waals surface area contributed by atoms with Gasteiger partial charge in [-0.15, -0.1) is 0 Å². The lowest BCUT2D eigenvalue weighted by Gasteiger charge is -2.36. The first-order valence-corrected chi connectivity index (χ1v) is 10.5. The molecule has 3 aromatic rings. The van der Waals surface area contributed by atoms with E-state index in [-0.39, 0.29) is 11.7 Å². The third kappa shape index (κ3) is 5.38. The Kier molecular flexibility index (Phi) is 6.43. The van der Waals surface area contributed by atoms with Gasteiger partial charge in [0.05, 0.1) is 12.8 Å². The highest BCUT2D eigenvalue weighted by molar-refractivity contribution is 6.30. The molecule has 1 saturated heterocycles. The topological polar surface area (TPSA) is 87.1 Å². The van der Waals surface area contributed by atoms with E-state index in [2.05, 4.69) is 20.1 Å². The van der Waals surface area contributed by atoms with Crippen LogP contribution in [0.3, 0.4) is 0 Å². The maximum Gasteiger partial charge on any atom is 0.291 e. The molecule has 0 saturated carbocycles. The van der Waals surface area contributed by atoms with Crippen molar-refractivity contribution in [2.45, 2.75) is 6.54 Å². The lowest BCUT2D eigenvalue weighted by atomic mass is 10.2. The molecule has 1 fully saturated rings. The van der Waals surface area contributed by atoms with E-state index < -0.39 is 0 Å². The van der Waals surface area contributed by atoms with Crippen LogP contribution in [0.1, 0.15) is 16.1 Å². The third-order valence-corrected chi connectivity index (χ3v) is 5.43. The summed E-state index contributed by atoms with van der Waals surface area (Å²) in [6.45, 7) is 3.87. The van der Waals surface area contributed by atoms with Gasteiger partial charge in [0, 0.05) is 42.6 Å². The average Bonchev–Trinajstić information content (AvgIpc) is 3.34. The minimum absolute atomic E-state index is 0.276. The lowest BCUT2D eigenvalue weighted by molar-refractivity contribution is 0.0996. The number of piperazine rings is 1. The quantitative estimate of drug-likeness (QED) is 0.468. The van der Waals surface area contributed by atoms with Crippen molar-refractivity contribution in [2.24, 2.45) is 10.7 Å². The molecule has 7 nitrogen and oxygen atoms in total. The number of hydrogen-bond donors (Lipinski definition) is 2. The summed E-state index contributed by atoms with van der Waals surface area (Å²) < 4.78 is 5.09. The number of furan rings is 1. The van der Waals surface area contributed by atoms with Crippen molar-refractivity contribution in [1.82, 2.24) is 4.90 Å². The van der Waals surface area contributed by atoms with Crippen LogP contribution in [-0.2, 0) is 6.54 Å². The molecule has 160 valence electrons. The fourth-order valence-corrected chi connectivity index (χ4v) is 3.54. The summed E-state index contributed by atoms with van der Waals surface area (Å²) >= 11 is 5.97. The third-order valence-electron chi connectivity index (χ3n) is 5.18. The second-order valence-electron chi connectivity index (χ2n) is 7.25. The van der Waals surface area contributed by atoms with E-state index in [9.17, 15) is 4.79 Å². The van der Waals surface area contributed by atoms with Crippen molar-refractivity contribution in [3.05, 3.63) is 83.3 Å². The first-order valence-electron chi connectivity index (χ1n) is 10.1. The number of benzene rings is 2. The van der Waals surface area contributed by atoms with Crippen molar-refractivity contribution >= 4 is 34.8 Å². The van der Waals surface area contributed by atoms with Gasteiger partial charge in [-0.2, -0.15) is 0 Å². The zero-order valence-electron chi connectivity index (χ0n) is 17.0. The molecule has 4 rings (SSSR count). The summed E-state index contributed by atoms with van der Waals surface area (Å²) in [6, 6.07) is 18.7. The van der Waals surface area contributed by atoms with Crippen molar-refractivity contribution in [1.29, 1.82) is 0 Å². The molecular weight excluding hydrogens is 414 g/mol. The summed E-state index contributed by atoms with van der Waals surface area (Å²) in [7, 11) is 0. The van der Waals surface area contributed by atoms with Gasteiger partial charge in [0.2, 0.25) is 0 Å². The summed E-state index contributed by atoms with van der Waals surface area (Å²) in [5.41, 5.74) is 9.10. The molecule has 0 aliphatic carbocycles. The number of halogens is 1. The number of guanidine groups is 1. The van der Waals surface area contributed by atoms with Gasteiger partial charge >= 0.3 is 0 Å². The highest BCUT2D eigenvalue weighted by Crippen LogP contribution is 2.19. The molecule has 0 spiro atoms. The molecule has 0 atom stereocenters. The van der Waals surface area contributed by atoms with Gasteiger partial charge in [0.25, 0.3) is 5.91 Å². The number of anilines is 2. The number of amides is 1. The smallest absolute Gasteiger partial charge is 0.291 e. The number of nitrogens with one attached hydrogen (secondary N) is 1. The number of hydrogen-bond acceptors (Lipinski definition) is 4. The predicted octanol–water partition coefficient (Wildman–Crippen LogP) is 3.82. The first-order chi connectivity index (χ1) is 15.1. The molecule has 1 aromatic heterocycles. The Morgan fingerprint density at radius 3 is 2.39 bits per heavy atom. The van der Waals surface area contributed by atoms with Gasteiger partial charge in [0.1, 0.15) is 0 Å². The molecule has 0 unspecified atom stereocenters.